The van der Waals surface area contributed by atoms with E-state index in [0.29, 0.717) is 6.42 Å². The van der Waals surface area contributed by atoms with Crippen LogP contribution in [-0.4, -0.2) is 19.1 Å². The lowest BCUT2D eigenvalue weighted by atomic mass is 10.0. The fourth-order valence-corrected chi connectivity index (χ4v) is 2.26. The molecule has 102 valence electrons. The van der Waals surface area contributed by atoms with E-state index in [-0.39, 0.29) is 11.9 Å². The molecule has 0 aliphatic heterocycles. The highest BCUT2D eigenvalue weighted by molar-refractivity contribution is 5.54. The Balaban J connectivity index is 3.07. The minimum absolute atomic E-state index is 0.0225. The average molecular weight is 252 g/mol. The molecule has 0 heterocycles. The largest absolute Gasteiger partial charge is 0.371 e. The molecule has 0 aliphatic carbocycles. The Labute approximate surface area is 110 Å². The van der Waals surface area contributed by atoms with Crippen LogP contribution in [0, 0.1) is 5.82 Å². The maximum Gasteiger partial charge on any atom is 0.128 e. The summed E-state index contributed by atoms with van der Waals surface area (Å²) in [6.07, 6.45) is 2.72. The van der Waals surface area contributed by atoms with Gasteiger partial charge in [-0.3, -0.25) is 0 Å². The van der Waals surface area contributed by atoms with Crippen molar-refractivity contribution in [1.29, 1.82) is 0 Å². The second kappa shape index (κ2) is 7.37. The Bertz CT molecular complexity index is 358. The molecule has 0 bridgehead atoms. The molecule has 1 aromatic carbocycles. The number of hydrogen-bond acceptors (Lipinski definition) is 2. The van der Waals surface area contributed by atoms with E-state index in [1.54, 1.807) is 6.07 Å². The maximum atomic E-state index is 14.0. The predicted molar refractivity (Wildman–Crippen MR) is 76.5 cm³/mol. The Hall–Kier alpha value is -1.09. The van der Waals surface area contributed by atoms with Crippen molar-refractivity contribution in [2.45, 2.75) is 46.1 Å². The van der Waals surface area contributed by atoms with Crippen LogP contribution in [0.25, 0.3) is 0 Å². The van der Waals surface area contributed by atoms with E-state index in [1.165, 1.54) is 6.07 Å². The number of hydrogen-bond donors (Lipinski definition) is 1. The van der Waals surface area contributed by atoms with Crippen LogP contribution in [0.3, 0.4) is 0 Å². The molecular weight excluding hydrogens is 227 g/mol. The summed E-state index contributed by atoms with van der Waals surface area (Å²) in [4.78, 5) is 2.26. The lowest BCUT2D eigenvalue weighted by Crippen LogP contribution is -2.28. The molecule has 1 unspecified atom stereocenters. The number of nitrogens with zero attached hydrogens (tertiary/aromatic N) is 1. The van der Waals surface area contributed by atoms with Crippen molar-refractivity contribution in [2.24, 2.45) is 5.73 Å². The summed E-state index contributed by atoms with van der Waals surface area (Å²) >= 11 is 0. The number of rotatable bonds is 7. The van der Waals surface area contributed by atoms with Crippen LogP contribution < -0.4 is 10.6 Å². The third-order valence-electron chi connectivity index (χ3n) is 2.95. The molecule has 2 N–H and O–H groups in total. The number of nitrogens with two attached hydrogens (primary N) is 1. The second-order valence-electron chi connectivity index (χ2n) is 4.91. The molecule has 1 atom stereocenters. The normalized spacial score (nSPS) is 12.5. The lowest BCUT2D eigenvalue weighted by Gasteiger charge is -2.27. The number of halogens is 1. The van der Waals surface area contributed by atoms with Crippen molar-refractivity contribution in [1.82, 2.24) is 0 Å². The molecule has 1 aromatic rings. The fraction of sp³-hybridized carbons (Fsp3) is 0.600. The SMILES string of the molecule is CCCN(CCC)c1cccc(F)c1CC(C)N. The molecule has 0 saturated heterocycles. The van der Waals surface area contributed by atoms with Gasteiger partial charge in [-0.25, -0.2) is 4.39 Å². The fourth-order valence-electron chi connectivity index (χ4n) is 2.26. The van der Waals surface area contributed by atoms with E-state index in [0.717, 1.165) is 37.2 Å². The number of benzene rings is 1. The first-order valence-corrected chi connectivity index (χ1v) is 6.88. The molecule has 0 aliphatic rings. The molecule has 2 nitrogen and oxygen atoms in total. The van der Waals surface area contributed by atoms with Crippen LogP contribution in [0.1, 0.15) is 39.2 Å². The molecule has 0 fully saturated rings. The van der Waals surface area contributed by atoms with Crippen LogP contribution in [0.5, 0.6) is 0 Å². The molecule has 0 saturated carbocycles. The van der Waals surface area contributed by atoms with Crippen LogP contribution in [0.15, 0.2) is 18.2 Å². The van der Waals surface area contributed by atoms with Crippen LogP contribution in [-0.2, 0) is 6.42 Å². The molecule has 0 radical (unpaired) electrons. The summed E-state index contributed by atoms with van der Waals surface area (Å²) in [5, 5.41) is 0. The van der Waals surface area contributed by atoms with Gasteiger partial charge in [0.25, 0.3) is 0 Å². The predicted octanol–water partition coefficient (Wildman–Crippen LogP) is 3.34. The minimum Gasteiger partial charge on any atom is -0.371 e. The quantitative estimate of drug-likeness (QED) is 0.806. The first-order valence-electron chi connectivity index (χ1n) is 6.88. The van der Waals surface area contributed by atoms with Crippen LogP contribution >= 0.6 is 0 Å². The zero-order chi connectivity index (χ0) is 13.5. The van der Waals surface area contributed by atoms with E-state index in [2.05, 4.69) is 18.7 Å². The van der Waals surface area contributed by atoms with Crippen molar-refractivity contribution in [3.63, 3.8) is 0 Å². The van der Waals surface area contributed by atoms with Gasteiger partial charge in [0.1, 0.15) is 5.82 Å². The van der Waals surface area contributed by atoms with Gasteiger partial charge < -0.3 is 10.6 Å². The van der Waals surface area contributed by atoms with E-state index in [9.17, 15) is 4.39 Å². The number of anilines is 1. The van der Waals surface area contributed by atoms with Gasteiger partial charge in [-0.2, -0.15) is 0 Å². The van der Waals surface area contributed by atoms with Gasteiger partial charge in [0.2, 0.25) is 0 Å². The van der Waals surface area contributed by atoms with Crippen LogP contribution in [0.4, 0.5) is 10.1 Å². The Morgan fingerprint density at radius 2 is 1.83 bits per heavy atom. The smallest absolute Gasteiger partial charge is 0.128 e. The van der Waals surface area contributed by atoms with E-state index < -0.39 is 0 Å². The zero-order valence-corrected chi connectivity index (χ0v) is 11.7. The molecule has 3 heteroatoms. The first kappa shape index (κ1) is 15.0. The van der Waals surface area contributed by atoms with Crippen molar-refractivity contribution >= 4 is 5.69 Å². The van der Waals surface area contributed by atoms with Gasteiger partial charge in [-0.1, -0.05) is 19.9 Å². The third-order valence-corrected chi connectivity index (χ3v) is 2.95. The summed E-state index contributed by atoms with van der Waals surface area (Å²) in [5.74, 6) is -0.137. The Morgan fingerprint density at radius 3 is 2.33 bits per heavy atom. The van der Waals surface area contributed by atoms with E-state index in [4.69, 9.17) is 5.73 Å². The molecule has 18 heavy (non-hydrogen) atoms. The molecule has 1 rings (SSSR count). The minimum atomic E-state index is -0.137. The van der Waals surface area contributed by atoms with Crippen molar-refractivity contribution in [3.05, 3.63) is 29.6 Å². The average Bonchev–Trinajstić information content (AvgIpc) is 2.31. The van der Waals surface area contributed by atoms with Gasteiger partial charge in [-0.15, -0.1) is 0 Å². The Kier molecular flexibility index (Phi) is 6.13. The lowest BCUT2D eigenvalue weighted by molar-refractivity contribution is 0.593. The van der Waals surface area contributed by atoms with Gasteiger partial charge >= 0.3 is 0 Å². The van der Waals surface area contributed by atoms with Gasteiger partial charge in [0.15, 0.2) is 0 Å². The van der Waals surface area contributed by atoms with Crippen LogP contribution in [0.2, 0.25) is 0 Å². The van der Waals surface area contributed by atoms with Gasteiger partial charge in [-0.05, 0) is 38.3 Å². The Morgan fingerprint density at radius 1 is 1.22 bits per heavy atom. The van der Waals surface area contributed by atoms with Gasteiger partial charge in [0.05, 0.1) is 0 Å². The van der Waals surface area contributed by atoms with Gasteiger partial charge in [0, 0.05) is 30.4 Å². The summed E-state index contributed by atoms with van der Waals surface area (Å²) in [5.41, 5.74) is 7.59. The third kappa shape index (κ3) is 3.98. The second-order valence-corrected chi connectivity index (χ2v) is 4.91. The summed E-state index contributed by atoms with van der Waals surface area (Å²) in [6.45, 7) is 8.13. The zero-order valence-electron chi connectivity index (χ0n) is 11.7. The monoisotopic (exact) mass is 252 g/mol. The highest BCUT2D eigenvalue weighted by Crippen LogP contribution is 2.25. The highest BCUT2D eigenvalue weighted by atomic mass is 19.1. The highest BCUT2D eigenvalue weighted by Gasteiger charge is 2.14. The van der Waals surface area contributed by atoms with Crippen molar-refractivity contribution < 1.29 is 4.39 Å². The topological polar surface area (TPSA) is 29.3 Å². The molecule has 0 aromatic heterocycles. The molecule has 0 spiro atoms. The molecular formula is C15H25FN2. The summed E-state index contributed by atoms with van der Waals surface area (Å²) in [6, 6.07) is 5.29. The molecule has 0 amide bonds. The summed E-state index contributed by atoms with van der Waals surface area (Å²) < 4.78 is 14.0. The first-order chi connectivity index (χ1) is 8.60. The standard InChI is InChI=1S/C15H25FN2/c1-4-9-18(10-5-2)15-8-6-7-14(16)13(15)11-12(3)17/h6-8,12H,4-5,9-11,17H2,1-3H3. The van der Waals surface area contributed by atoms with Crippen molar-refractivity contribution in [3.8, 4) is 0 Å². The van der Waals surface area contributed by atoms with Crippen molar-refractivity contribution in [2.75, 3.05) is 18.0 Å². The van der Waals surface area contributed by atoms with E-state index >= 15 is 0 Å². The maximum absolute atomic E-state index is 14.0. The van der Waals surface area contributed by atoms with E-state index in [1.807, 2.05) is 13.0 Å². The summed E-state index contributed by atoms with van der Waals surface area (Å²) in [7, 11) is 0.